The lowest BCUT2D eigenvalue weighted by Gasteiger charge is -2.20. The molecule has 0 radical (unpaired) electrons. The maximum atomic E-state index is 12.9. The molecule has 1 aliphatic heterocycles. The molecular weight excluding hydrogens is 382 g/mol. The molecule has 9 heteroatoms. The summed E-state index contributed by atoms with van der Waals surface area (Å²) in [7, 11) is -3.75. The topological polar surface area (TPSA) is 106 Å². The highest BCUT2D eigenvalue weighted by atomic mass is 32.2. The van der Waals surface area contributed by atoms with Crippen molar-refractivity contribution in [2.24, 2.45) is 0 Å². The van der Waals surface area contributed by atoms with Gasteiger partial charge in [0.2, 0.25) is 10.0 Å². The van der Waals surface area contributed by atoms with Crippen LogP contribution in [0.15, 0.2) is 39.6 Å². The molecule has 152 valence electrons. The largest absolute Gasteiger partial charge is 0.464 e. The maximum absolute atomic E-state index is 12.9. The molecule has 0 bridgehead atoms. The fraction of sp³-hybridized carbons (Fsp3) is 0.474. The van der Waals surface area contributed by atoms with Crippen LogP contribution >= 0.6 is 0 Å². The van der Waals surface area contributed by atoms with Gasteiger partial charge in [0, 0.05) is 19.2 Å². The fourth-order valence-corrected chi connectivity index (χ4v) is 4.90. The van der Waals surface area contributed by atoms with Crippen LogP contribution in [0.2, 0.25) is 0 Å². The van der Waals surface area contributed by atoms with E-state index in [1.807, 2.05) is 19.9 Å². The first kappa shape index (κ1) is 20.3. The number of rotatable bonds is 6. The Hall–Kier alpha value is -2.39. The Kier molecular flexibility index (Phi) is 6.04. The Morgan fingerprint density at radius 3 is 2.39 bits per heavy atom. The first-order valence-electron chi connectivity index (χ1n) is 9.40. The molecule has 28 heavy (non-hydrogen) atoms. The smallest absolute Gasteiger partial charge is 0.293 e. The molecule has 0 saturated carbocycles. The van der Waals surface area contributed by atoms with Crippen molar-refractivity contribution >= 4 is 21.4 Å². The van der Waals surface area contributed by atoms with Gasteiger partial charge in [0.05, 0.1) is 15.9 Å². The van der Waals surface area contributed by atoms with Gasteiger partial charge in [-0.1, -0.05) is 12.8 Å². The third-order valence-electron chi connectivity index (χ3n) is 4.93. The van der Waals surface area contributed by atoms with Crippen LogP contribution in [0, 0.1) is 17.0 Å². The van der Waals surface area contributed by atoms with E-state index in [1.54, 1.807) is 6.07 Å². The number of sulfonamides is 1. The highest BCUT2D eigenvalue weighted by Crippen LogP contribution is 2.32. The lowest BCUT2D eigenvalue weighted by atomic mass is 10.2. The molecule has 1 aliphatic rings. The molecule has 0 aliphatic carbocycles. The van der Waals surface area contributed by atoms with E-state index in [9.17, 15) is 18.5 Å². The summed E-state index contributed by atoms with van der Waals surface area (Å²) in [6, 6.07) is 7.34. The van der Waals surface area contributed by atoms with Crippen molar-refractivity contribution in [1.82, 2.24) is 4.31 Å². The van der Waals surface area contributed by atoms with Gasteiger partial charge in [0.25, 0.3) is 5.69 Å². The van der Waals surface area contributed by atoms with E-state index >= 15 is 0 Å². The average molecular weight is 407 g/mol. The van der Waals surface area contributed by atoms with Crippen molar-refractivity contribution in [1.29, 1.82) is 0 Å². The van der Waals surface area contributed by atoms with E-state index in [0.717, 1.165) is 37.5 Å². The number of aryl methyl sites for hydroxylation is 1. The second-order valence-corrected chi connectivity index (χ2v) is 9.01. The van der Waals surface area contributed by atoms with Crippen molar-refractivity contribution in [3.8, 4) is 0 Å². The number of hydrogen-bond donors (Lipinski definition) is 1. The fourth-order valence-electron chi connectivity index (χ4n) is 3.37. The van der Waals surface area contributed by atoms with E-state index in [-0.39, 0.29) is 22.3 Å². The zero-order valence-electron chi connectivity index (χ0n) is 16.1. The van der Waals surface area contributed by atoms with Gasteiger partial charge in [-0.25, -0.2) is 8.42 Å². The first-order valence-corrected chi connectivity index (χ1v) is 10.8. The van der Waals surface area contributed by atoms with Gasteiger partial charge in [0.15, 0.2) is 0 Å². The number of anilines is 1. The maximum Gasteiger partial charge on any atom is 0.293 e. The van der Waals surface area contributed by atoms with Crippen molar-refractivity contribution in [3.63, 3.8) is 0 Å². The minimum atomic E-state index is -3.75. The number of nitro groups is 1. The quantitative estimate of drug-likeness (QED) is 0.567. The summed E-state index contributed by atoms with van der Waals surface area (Å²) >= 11 is 0. The molecule has 1 unspecified atom stereocenters. The van der Waals surface area contributed by atoms with E-state index in [2.05, 4.69) is 5.32 Å². The third-order valence-corrected chi connectivity index (χ3v) is 6.82. The Labute approximate surface area is 164 Å². The van der Waals surface area contributed by atoms with Gasteiger partial charge in [-0.3, -0.25) is 10.1 Å². The summed E-state index contributed by atoms with van der Waals surface area (Å²) in [5.41, 5.74) is -0.0209. The number of benzene rings is 1. The van der Waals surface area contributed by atoms with Crippen LogP contribution in [0.3, 0.4) is 0 Å². The Bertz CT molecular complexity index is 946. The minimum Gasteiger partial charge on any atom is -0.464 e. The van der Waals surface area contributed by atoms with E-state index in [1.165, 1.54) is 16.4 Å². The second kappa shape index (κ2) is 8.32. The van der Waals surface area contributed by atoms with Crippen molar-refractivity contribution < 1.29 is 17.8 Å². The van der Waals surface area contributed by atoms with Gasteiger partial charge < -0.3 is 9.73 Å². The summed E-state index contributed by atoms with van der Waals surface area (Å²) < 4.78 is 32.9. The summed E-state index contributed by atoms with van der Waals surface area (Å²) in [6.45, 7) is 4.54. The molecule has 1 N–H and O–H groups in total. The Balaban J connectivity index is 1.89. The third kappa shape index (κ3) is 4.36. The SMILES string of the molecule is Cc1ccc(C(C)Nc2ccc(S(=O)(=O)N3CCCCCC3)cc2[N+](=O)[O-])o1. The van der Waals surface area contributed by atoms with Crippen LogP contribution in [0.4, 0.5) is 11.4 Å². The van der Waals surface area contributed by atoms with Gasteiger partial charge >= 0.3 is 0 Å². The normalized spacial score (nSPS) is 17.1. The molecule has 0 amide bonds. The van der Waals surface area contributed by atoms with Crippen molar-refractivity contribution in [3.05, 3.63) is 52.0 Å². The van der Waals surface area contributed by atoms with E-state index in [4.69, 9.17) is 4.42 Å². The highest BCUT2D eigenvalue weighted by molar-refractivity contribution is 7.89. The lowest BCUT2D eigenvalue weighted by molar-refractivity contribution is -0.384. The summed E-state index contributed by atoms with van der Waals surface area (Å²) in [6.07, 6.45) is 3.61. The molecule has 1 atom stereocenters. The molecule has 3 rings (SSSR count). The molecular formula is C19H25N3O5S. The predicted molar refractivity (Wildman–Crippen MR) is 106 cm³/mol. The number of furan rings is 1. The molecule has 8 nitrogen and oxygen atoms in total. The second-order valence-electron chi connectivity index (χ2n) is 7.07. The highest BCUT2D eigenvalue weighted by Gasteiger charge is 2.28. The molecule has 1 aromatic carbocycles. The number of nitrogens with one attached hydrogen (secondary N) is 1. The average Bonchev–Trinajstić information content (AvgIpc) is 2.91. The minimum absolute atomic E-state index is 0.0480. The van der Waals surface area contributed by atoms with Crippen LogP contribution in [0.1, 0.15) is 50.2 Å². The summed E-state index contributed by atoms with van der Waals surface area (Å²) in [4.78, 5) is 11.0. The van der Waals surface area contributed by atoms with Gasteiger partial charge in [0.1, 0.15) is 17.2 Å². The van der Waals surface area contributed by atoms with Gasteiger partial charge in [-0.05, 0) is 51.0 Å². The van der Waals surface area contributed by atoms with Crippen LogP contribution < -0.4 is 5.32 Å². The number of nitrogens with zero attached hydrogens (tertiary/aromatic N) is 2. The van der Waals surface area contributed by atoms with Crippen LogP contribution in [-0.2, 0) is 10.0 Å². The van der Waals surface area contributed by atoms with Crippen LogP contribution in [0.5, 0.6) is 0 Å². The van der Waals surface area contributed by atoms with Crippen molar-refractivity contribution in [2.45, 2.75) is 50.5 Å². The molecule has 2 aromatic rings. The molecule has 1 saturated heterocycles. The van der Waals surface area contributed by atoms with Crippen LogP contribution in [0.25, 0.3) is 0 Å². The Morgan fingerprint density at radius 2 is 1.82 bits per heavy atom. The molecule has 1 fully saturated rings. The summed E-state index contributed by atoms with van der Waals surface area (Å²) in [5, 5.41) is 14.6. The zero-order valence-corrected chi connectivity index (χ0v) is 16.9. The number of nitro benzene ring substituents is 1. The lowest BCUT2D eigenvalue weighted by Crippen LogP contribution is -2.32. The summed E-state index contributed by atoms with van der Waals surface area (Å²) in [5.74, 6) is 1.39. The van der Waals surface area contributed by atoms with Crippen molar-refractivity contribution in [2.75, 3.05) is 18.4 Å². The Morgan fingerprint density at radius 1 is 1.14 bits per heavy atom. The monoisotopic (exact) mass is 407 g/mol. The van der Waals surface area contributed by atoms with E-state index in [0.29, 0.717) is 18.8 Å². The molecule has 0 spiro atoms. The molecule has 2 heterocycles. The zero-order chi connectivity index (χ0) is 20.3. The van der Waals surface area contributed by atoms with Crippen LogP contribution in [-0.4, -0.2) is 30.7 Å². The van der Waals surface area contributed by atoms with Gasteiger partial charge in [-0.2, -0.15) is 4.31 Å². The van der Waals surface area contributed by atoms with Gasteiger partial charge in [-0.15, -0.1) is 0 Å². The predicted octanol–water partition coefficient (Wildman–Crippen LogP) is 4.23. The number of hydrogen-bond acceptors (Lipinski definition) is 6. The standard InChI is InChI=1S/C19H25N3O5S/c1-14-7-10-19(27-14)15(2)20-17-9-8-16(13-18(17)22(23)24)28(25,26)21-11-5-3-4-6-12-21/h7-10,13,15,20H,3-6,11-12H2,1-2H3. The molecule has 1 aromatic heterocycles. The first-order chi connectivity index (χ1) is 13.3. The van der Waals surface area contributed by atoms with E-state index < -0.39 is 14.9 Å².